The third kappa shape index (κ3) is 9.05. The summed E-state index contributed by atoms with van der Waals surface area (Å²) in [5, 5.41) is 12.2. The van der Waals surface area contributed by atoms with Gasteiger partial charge in [0.1, 0.15) is 15.9 Å². The van der Waals surface area contributed by atoms with Crippen molar-refractivity contribution in [1.82, 2.24) is 5.32 Å². The molecule has 0 spiro atoms. The molecular weight excluding hydrogens is 570 g/mol. The number of amides is 1. The van der Waals surface area contributed by atoms with Gasteiger partial charge in [-0.05, 0) is 78.3 Å². The van der Waals surface area contributed by atoms with Gasteiger partial charge in [0.25, 0.3) is 5.91 Å². The topological polar surface area (TPSA) is 128 Å². The number of carboxylic acid groups (broad SMARTS) is 1. The van der Waals surface area contributed by atoms with E-state index >= 15 is 0 Å². The van der Waals surface area contributed by atoms with E-state index in [1.807, 2.05) is 55.5 Å². The number of carboxylic acids is 1. The number of sulfone groups is 1. The average Bonchev–Trinajstić information content (AvgIpc) is 3.44. The molecule has 1 heterocycles. The summed E-state index contributed by atoms with van der Waals surface area (Å²) in [5.41, 5.74) is 4.69. The van der Waals surface area contributed by atoms with Crippen molar-refractivity contribution in [1.29, 1.82) is 0 Å². The molecule has 2 N–H and O–H groups in total. The third-order valence-electron chi connectivity index (χ3n) is 7.41. The molecule has 43 heavy (non-hydrogen) atoms. The van der Waals surface area contributed by atoms with Gasteiger partial charge in [-0.15, -0.1) is 0 Å². The molecule has 0 aromatic heterocycles. The van der Waals surface area contributed by atoms with Crippen LogP contribution in [0.2, 0.25) is 0 Å². The highest BCUT2D eigenvalue weighted by atomic mass is 32.2. The highest BCUT2D eigenvalue weighted by Gasteiger charge is 2.24. The monoisotopic (exact) mass is 609 g/mol. The van der Waals surface area contributed by atoms with Gasteiger partial charge in [0, 0.05) is 11.8 Å². The van der Waals surface area contributed by atoms with Gasteiger partial charge in [-0.25, -0.2) is 13.2 Å². The second-order valence-corrected chi connectivity index (χ2v) is 13.2. The van der Waals surface area contributed by atoms with Gasteiger partial charge in [-0.1, -0.05) is 56.2 Å². The van der Waals surface area contributed by atoms with Crippen molar-refractivity contribution in [2.24, 2.45) is 0 Å². The molecule has 9 nitrogen and oxygen atoms in total. The molecular formula is C33H39NO8S. The summed E-state index contributed by atoms with van der Waals surface area (Å²) in [6, 6.07) is 17.6. The van der Waals surface area contributed by atoms with Gasteiger partial charge in [-0.2, -0.15) is 0 Å². The molecule has 3 aromatic carbocycles. The van der Waals surface area contributed by atoms with E-state index < -0.39 is 27.8 Å². The van der Waals surface area contributed by atoms with Crippen molar-refractivity contribution in [3.63, 3.8) is 0 Å². The van der Waals surface area contributed by atoms with Crippen LogP contribution >= 0.6 is 0 Å². The molecule has 0 saturated carbocycles. The third-order valence-corrected chi connectivity index (χ3v) is 8.39. The summed E-state index contributed by atoms with van der Waals surface area (Å²) in [7, 11) is -3.40. The van der Waals surface area contributed by atoms with Crippen molar-refractivity contribution in [2.45, 2.75) is 64.7 Å². The number of benzene rings is 3. The molecule has 230 valence electrons. The van der Waals surface area contributed by atoms with Crippen molar-refractivity contribution in [2.75, 3.05) is 18.8 Å². The lowest BCUT2D eigenvalue weighted by Crippen LogP contribution is -2.42. The number of aliphatic carboxylic acids is 1. The van der Waals surface area contributed by atoms with Crippen LogP contribution in [0.5, 0.6) is 11.5 Å². The molecule has 1 aliphatic rings. The van der Waals surface area contributed by atoms with E-state index in [0.717, 1.165) is 59.3 Å². The zero-order valence-corrected chi connectivity index (χ0v) is 25.6. The Kier molecular flexibility index (Phi) is 10.8. The van der Waals surface area contributed by atoms with Crippen LogP contribution in [0.25, 0.3) is 11.1 Å². The number of unbranched alkanes of at least 4 members (excludes halogenated alkanes) is 1. The molecule has 0 fully saturated rings. The Balaban J connectivity index is 1.56. The first-order chi connectivity index (χ1) is 20.5. The highest BCUT2D eigenvalue weighted by molar-refractivity contribution is 7.90. The number of fused-ring (bicyclic) bond motifs is 1. The summed E-state index contributed by atoms with van der Waals surface area (Å²) in [5.74, 6) is -0.746. The molecule has 4 rings (SSSR count). The fraction of sp³-hybridized carbons (Fsp3) is 0.394. The number of aryl methyl sites for hydroxylation is 1. The van der Waals surface area contributed by atoms with Crippen molar-refractivity contribution in [3.05, 3.63) is 82.9 Å². The SMILES string of the molecule is CCCC[C@@H](Cc1ccc2c(c1)OCO2)OCc1ccc(C(=O)N[C@@H](CCS(C)(=O)=O)C(=O)O)c(-c2ccccc2C)c1. The Morgan fingerprint density at radius 1 is 0.977 bits per heavy atom. The molecule has 0 unspecified atom stereocenters. The number of nitrogens with one attached hydrogen (secondary N) is 1. The first-order valence-corrected chi connectivity index (χ1v) is 16.5. The summed E-state index contributed by atoms with van der Waals surface area (Å²) in [6.07, 6.45) is 4.44. The predicted molar refractivity (Wildman–Crippen MR) is 164 cm³/mol. The fourth-order valence-electron chi connectivity index (χ4n) is 5.02. The van der Waals surface area contributed by atoms with Crippen molar-refractivity contribution in [3.8, 4) is 22.6 Å². The van der Waals surface area contributed by atoms with Crippen LogP contribution < -0.4 is 14.8 Å². The maximum atomic E-state index is 13.4. The van der Waals surface area contributed by atoms with E-state index in [0.29, 0.717) is 24.2 Å². The molecule has 3 aromatic rings. The molecule has 10 heteroatoms. The zero-order chi connectivity index (χ0) is 31.0. The second kappa shape index (κ2) is 14.5. The van der Waals surface area contributed by atoms with Crippen molar-refractivity contribution < 1.29 is 37.3 Å². The molecule has 1 amide bonds. The maximum absolute atomic E-state index is 13.4. The summed E-state index contributed by atoms with van der Waals surface area (Å²) >= 11 is 0. The van der Waals surface area contributed by atoms with Crippen LogP contribution in [0, 0.1) is 6.92 Å². The minimum absolute atomic E-state index is 0.0311. The fourth-order valence-corrected chi connectivity index (χ4v) is 5.69. The summed E-state index contributed by atoms with van der Waals surface area (Å²) in [4.78, 5) is 25.2. The molecule has 0 saturated heterocycles. The highest BCUT2D eigenvalue weighted by Crippen LogP contribution is 2.33. The van der Waals surface area contributed by atoms with Crippen LogP contribution in [0.3, 0.4) is 0 Å². The quantitative estimate of drug-likeness (QED) is 0.237. The van der Waals surface area contributed by atoms with Crippen LogP contribution in [0.15, 0.2) is 60.7 Å². The number of hydrogen-bond acceptors (Lipinski definition) is 7. The average molecular weight is 610 g/mol. The van der Waals surface area contributed by atoms with E-state index in [-0.39, 0.29) is 25.1 Å². The standard InChI is InChI=1S/C33H39NO8S/c1-4-5-9-25(17-23-12-14-30-31(19-23)42-21-41-30)40-20-24-11-13-27(28(18-24)26-10-7-6-8-22(26)2)32(35)34-29(33(36)37)15-16-43(3,38)39/h6-8,10-14,18-19,25,29H,4-5,9,15-17,20-21H2,1-3H3,(H,34,35)(H,36,37)/t25-,29-/m0/s1. The number of ether oxygens (including phenoxy) is 3. The number of rotatable bonds is 15. The van der Waals surface area contributed by atoms with E-state index in [1.54, 1.807) is 12.1 Å². The predicted octanol–water partition coefficient (Wildman–Crippen LogP) is 5.33. The summed E-state index contributed by atoms with van der Waals surface area (Å²) in [6.45, 7) is 4.64. The lowest BCUT2D eigenvalue weighted by molar-refractivity contribution is -0.139. The molecule has 0 radical (unpaired) electrons. The van der Waals surface area contributed by atoms with E-state index in [9.17, 15) is 23.1 Å². The van der Waals surface area contributed by atoms with E-state index in [1.165, 1.54) is 0 Å². The Morgan fingerprint density at radius 3 is 2.44 bits per heavy atom. The van der Waals surface area contributed by atoms with Crippen LogP contribution in [-0.2, 0) is 32.4 Å². The Hall–Kier alpha value is -3.89. The molecule has 0 bridgehead atoms. The van der Waals surface area contributed by atoms with Gasteiger partial charge < -0.3 is 24.6 Å². The molecule has 0 aliphatic carbocycles. The van der Waals surface area contributed by atoms with Gasteiger partial charge in [0.2, 0.25) is 6.79 Å². The van der Waals surface area contributed by atoms with Crippen LogP contribution in [0.1, 0.15) is 59.7 Å². The maximum Gasteiger partial charge on any atom is 0.326 e. The van der Waals surface area contributed by atoms with Gasteiger partial charge in [-0.3, -0.25) is 4.79 Å². The normalized spacial score (nSPS) is 13.8. The smallest absolute Gasteiger partial charge is 0.326 e. The largest absolute Gasteiger partial charge is 0.480 e. The molecule has 1 aliphatic heterocycles. The number of carbonyl (C=O) groups is 2. The second-order valence-electron chi connectivity index (χ2n) is 10.9. The number of hydrogen-bond donors (Lipinski definition) is 2. The first kappa shape index (κ1) is 32.0. The number of carbonyl (C=O) groups excluding carboxylic acids is 1. The van der Waals surface area contributed by atoms with Crippen LogP contribution in [-0.4, -0.2) is 56.3 Å². The molecule has 2 atom stereocenters. The van der Waals surface area contributed by atoms with Crippen LogP contribution in [0.4, 0.5) is 0 Å². The minimum atomic E-state index is -3.40. The Labute approximate surface area is 253 Å². The lowest BCUT2D eigenvalue weighted by Gasteiger charge is -2.20. The van der Waals surface area contributed by atoms with Gasteiger partial charge >= 0.3 is 5.97 Å². The Bertz CT molecular complexity index is 1550. The first-order valence-electron chi connectivity index (χ1n) is 14.4. The summed E-state index contributed by atoms with van der Waals surface area (Å²) < 4.78 is 40.6. The Morgan fingerprint density at radius 2 is 1.72 bits per heavy atom. The van der Waals surface area contributed by atoms with Crippen molar-refractivity contribution >= 4 is 21.7 Å². The van der Waals surface area contributed by atoms with Gasteiger partial charge in [0.15, 0.2) is 11.5 Å². The van der Waals surface area contributed by atoms with E-state index in [4.69, 9.17) is 14.2 Å². The van der Waals surface area contributed by atoms with Gasteiger partial charge in [0.05, 0.1) is 18.5 Å². The minimum Gasteiger partial charge on any atom is -0.480 e. The lowest BCUT2D eigenvalue weighted by atomic mass is 9.93. The zero-order valence-electron chi connectivity index (χ0n) is 24.8. The van der Waals surface area contributed by atoms with E-state index in [2.05, 4.69) is 12.2 Å².